The van der Waals surface area contributed by atoms with Crippen LogP contribution in [-0.4, -0.2) is 180 Å². The number of aryl methyl sites for hydroxylation is 6. The summed E-state index contributed by atoms with van der Waals surface area (Å²) in [4.78, 5) is 72.8. The van der Waals surface area contributed by atoms with Gasteiger partial charge in [0, 0.05) is 141 Å². The van der Waals surface area contributed by atoms with Crippen LogP contribution in [0.4, 0.5) is 22.8 Å². The zero-order valence-corrected chi connectivity index (χ0v) is 78.5. The number of nitrogens with zero attached hydrogens (tertiary/aromatic N) is 19. The minimum absolute atomic E-state index is 0. The maximum Gasteiger partial charge on any atom is 0.410 e. The highest BCUT2D eigenvalue weighted by molar-refractivity contribution is 9.10. The summed E-state index contributed by atoms with van der Waals surface area (Å²) in [6, 6.07) is 27.3. The molecule has 12 heterocycles. The van der Waals surface area contributed by atoms with E-state index in [0.29, 0.717) is 127 Å². The fourth-order valence-electron chi connectivity index (χ4n) is 17.0. The normalized spacial score (nSPS) is 14.9. The summed E-state index contributed by atoms with van der Waals surface area (Å²) in [6.07, 6.45) is 16.4. The van der Waals surface area contributed by atoms with Crippen molar-refractivity contribution in [3.8, 4) is 45.9 Å². The Morgan fingerprint density at radius 3 is 1.16 bits per heavy atom. The first-order valence-electron chi connectivity index (χ1n) is 42.8. The van der Waals surface area contributed by atoms with Crippen LogP contribution in [0.3, 0.4) is 0 Å². The number of ether oxygens (including phenoxy) is 5. The first-order chi connectivity index (χ1) is 61.5. The van der Waals surface area contributed by atoms with Crippen molar-refractivity contribution in [1.82, 2.24) is 102 Å². The van der Waals surface area contributed by atoms with E-state index < -0.39 is 29.4 Å². The van der Waals surface area contributed by atoms with Gasteiger partial charge in [0.05, 0.1) is 132 Å². The van der Waals surface area contributed by atoms with Crippen molar-refractivity contribution in [2.24, 2.45) is 0 Å². The molecule has 0 spiro atoms. The Bertz CT molecular complexity index is 6870. The van der Waals surface area contributed by atoms with Gasteiger partial charge in [0.15, 0.2) is 0 Å². The molecule has 9 aromatic heterocycles. The molecule has 3 atom stereocenters. The number of aromatic nitrogens is 18. The summed E-state index contributed by atoms with van der Waals surface area (Å²) in [6.45, 7) is 32.7. The van der Waals surface area contributed by atoms with Crippen LogP contribution >= 0.6 is 28.3 Å². The van der Waals surface area contributed by atoms with Crippen LogP contribution in [0.1, 0.15) is 148 Å². The highest BCUT2D eigenvalue weighted by atomic mass is 79.9. The lowest BCUT2D eigenvalue weighted by Gasteiger charge is -2.34. The Labute approximate surface area is 763 Å². The number of nitrogens with one attached hydrogen (secondary N) is 2. The molecule has 2 amide bonds. The minimum Gasteiger partial charge on any atom is -0.444 e. The van der Waals surface area contributed by atoms with Crippen LogP contribution in [-0.2, 0) is 62.6 Å². The number of hydrogen-bond donors (Lipinski definition) is 2. The smallest absolute Gasteiger partial charge is 0.410 e. The average Bonchev–Trinajstić information content (AvgIpc) is 1.59. The van der Waals surface area contributed by atoms with Crippen LogP contribution < -0.4 is 22.4 Å². The molecule has 130 heavy (non-hydrogen) atoms. The standard InChI is InChI=1S/C33H38FN7O4.C28H30FN7O2.C23H28FN5O3.C10H11BrN2O.ClH/c1-20-16-25(17-21(2)29(20)34)41-30(28-22(3)37(11-10-26(28)36-41)32(43)45-33(4,5)6)39-13-12-38(31(39)42)24-8-9-27-23(18-24)19-35-40(27)14-15-44-7;1-17-13-22(14-18(2)26(17)29)36-27(25-19(3)30-8-7-23(25)32-36)34-10-9-33(28(34)37)21-5-6-24-20(15-21)16-31-35(24)11-12-38-4;1-13-11-16(12-14(2)19(13)24)29-20(28-10-8-25-21(28)30)18-15(3)27(9-7-17(18)26-29)22(31)32-23(4,5)6;1-14-5-4-13-10-3-2-9(11)6-8(10)7-12-13;/h8-9,12-13,16-19,22H,10-11,14-15H2,1-7H3;5-6,9-10,13-16,19,30H,7-8,11-12H2,1-4H3;8,10-12,15H,7,9H2,1-6H3,(H,25,30);2-3,6-7H,4-5H2,1H3;1H/t22-;19-;15-;;/m000../s1. The maximum absolute atomic E-state index is 14.7. The van der Waals surface area contributed by atoms with Crippen molar-refractivity contribution in [3.63, 3.8) is 0 Å². The summed E-state index contributed by atoms with van der Waals surface area (Å²) >= 11 is 3.43. The Hall–Kier alpha value is -12.7. The molecule has 6 aromatic carbocycles. The molecule has 0 bridgehead atoms. The largest absolute Gasteiger partial charge is 0.444 e. The monoisotopic (exact) mass is 1860 g/mol. The lowest BCUT2D eigenvalue weighted by atomic mass is 10.00. The van der Waals surface area contributed by atoms with Gasteiger partial charge >= 0.3 is 29.3 Å². The number of imidazole rings is 3. The summed E-state index contributed by atoms with van der Waals surface area (Å²) in [7, 11) is 5.01. The van der Waals surface area contributed by atoms with E-state index in [1.54, 1.807) is 191 Å². The van der Waals surface area contributed by atoms with Gasteiger partial charge in [0.25, 0.3) is 0 Å². The molecule has 0 saturated carbocycles. The third-order valence-corrected chi connectivity index (χ3v) is 23.7. The lowest BCUT2D eigenvalue weighted by Crippen LogP contribution is -2.42. The third kappa shape index (κ3) is 18.8. The van der Waals surface area contributed by atoms with E-state index in [2.05, 4.69) is 60.6 Å². The Kier molecular flexibility index (Phi) is 27.4. The van der Waals surface area contributed by atoms with Crippen molar-refractivity contribution < 1.29 is 46.4 Å². The SMILES string of the molecule is COCCn1ncc2cc(-n3ccn(-c4c5c(nn4-c4cc(C)c(F)c(C)c4)CCN(C(=O)OC(C)(C)C)[C@H]5C)c3=O)ccc21.COCCn1ncc2cc(-n3ccn(-c4c5c(nn4-c4cc(C)c(F)c(C)c4)CCN[C@H]5C)c3=O)ccc21.COCCn1ncc2cc(Br)ccc21.Cc1cc(-n2nc3c(c2-n2cc[nH]c2=O)[C@H](C)N(C(=O)OC(C)(C)C)CC3)cc(C)c1F.Cl. The number of amides is 2. The number of aromatic amines is 1. The fourth-order valence-corrected chi connectivity index (χ4v) is 17.3. The Morgan fingerprint density at radius 2 is 0.800 bits per heavy atom. The second-order valence-electron chi connectivity index (χ2n) is 34.6. The number of methoxy groups -OCH3 is 3. The summed E-state index contributed by atoms with van der Waals surface area (Å²) in [5, 5.41) is 34.3. The zero-order chi connectivity index (χ0) is 92.1. The summed E-state index contributed by atoms with van der Waals surface area (Å²) < 4.78 is 89.9. The molecule has 36 heteroatoms. The molecule has 3 aliphatic heterocycles. The Morgan fingerprint density at radius 1 is 0.454 bits per heavy atom. The van der Waals surface area contributed by atoms with Gasteiger partial charge in [-0.2, -0.15) is 30.6 Å². The van der Waals surface area contributed by atoms with Crippen LogP contribution in [0, 0.1) is 59.0 Å². The number of H-pyrrole nitrogens is 1. The van der Waals surface area contributed by atoms with Crippen molar-refractivity contribution in [2.75, 3.05) is 60.8 Å². The van der Waals surface area contributed by atoms with Gasteiger partial charge in [-0.25, -0.2) is 51.2 Å². The lowest BCUT2D eigenvalue weighted by molar-refractivity contribution is 0.0148. The first kappa shape index (κ1) is 93.5. The fraction of sp³-hybridized carbons (Fsp3) is 0.372. The predicted molar refractivity (Wildman–Crippen MR) is 496 cm³/mol. The average molecular weight is 1860 g/mol. The molecule has 684 valence electrons. The van der Waals surface area contributed by atoms with E-state index in [-0.39, 0.29) is 59.0 Å². The van der Waals surface area contributed by atoms with Gasteiger partial charge < -0.3 is 43.8 Å². The second-order valence-corrected chi connectivity index (χ2v) is 35.6. The first-order valence-corrected chi connectivity index (χ1v) is 43.6. The molecular weight excluding hydrogens is 1760 g/mol. The van der Waals surface area contributed by atoms with Gasteiger partial charge in [-0.1, -0.05) is 15.9 Å². The number of hydrogen-bond acceptors (Lipinski definition) is 17. The number of halogens is 5. The van der Waals surface area contributed by atoms with E-state index in [1.165, 1.54) is 4.57 Å². The van der Waals surface area contributed by atoms with Gasteiger partial charge in [-0.05, 0) is 228 Å². The zero-order valence-electron chi connectivity index (χ0n) is 76.1. The van der Waals surface area contributed by atoms with Crippen molar-refractivity contribution in [3.05, 3.63) is 267 Å². The number of rotatable bonds is 17. The quantitative estimate of drug-likeness (QED) is 0.0856. The predicted octanol–water partition coefficient (Wildman–Crippen LogP) is 16.0. The van der Waals surface area contributed by atoms with E-state index >= 15 is 0 Å². The molecule has 3 aliphatic rings. The summed E-state index contributed by atoms with van der Waals surface area (Å²) in [5.74, 6) is 0.904. The molecule has 31 nitrogen and oxygen atoms in total. The van der Waals surface area contributed by atoms with Gasteiger partial charge in [-0.15, -0.1) is 12.4 Å². The molecule has 0 saturated heterocycles. The maximum atomic E-state index is 14.7. The van der Waals surface area contributed by atoms with E-state index in [9.17, 15) is 37.1 Å². The highest BCUT2D eigenvalue weighted by Gasteiger charge is 2.40. The molecule has 2 N–H and O–H groups in total. The molecule has 18 rings (SSSR count). The second kappa shape index (κ2) is 38.2. The molecule has 0 fully saturated rings. The van der Waals surface area contributed by atoms with Crippen molar-refractivity contribution in [1.29, 1.82) is 0 Å². The van der Waals surface area contributed by atoms with Crippen LogP contribution in [0.15, 0.2) is 166 Å². The minimum atomic E-state index is -0.664. The van der Waals surface area contributed by atoms with Crippen molar-refractivity contribution >= 4 is 73.2 Å². The van der Waals surface area contributed by atoms with Crippen molar-refractivity contribution in [2.45, 2.75) is 172 Å². The molecule has 0 unspecified atom stereocenters. The van der Waals surface area contributed by atoms with Crippen LogP contribution in [0.5, 0.6) is 0 Å². The van der Waals surface area contributed by atoms with E-state index in [4.69, 9.17) is 39.0 Å². The molecular formula is C94H108BrClF3N21O10. The third-order valence-electron chi connectivity index (χ3n) is 23.2. The number of carbonyl (C=O) groups is 2. The van der Waals surface area contributed by atoms with Crippen LogP contribution in [0.2, 0.25) is 0 Å². The van der Waals surface area contributed by atoms with E-state index in [0.717, 1.165) is 102 Å². The number of fused-ring (bicyclic) bond motifs is 6. The highest BCUT2D eigenvalue weighted by Crippen LogP contribution is 2.40. The number of benzene rings is 6. The number of carbonyl (C=O) groups excluding carboxylic acids is 2. The molecule has 0 aliphatic carbocycles. The molecule has 15 aromatic rings. The van der Waals surface area contributed by atoms with E-state index in [1.807, 2.05) is 118 Å². The topological polar surface area (TPSA) is 297 Å². The Balaban J connectivity index is 0.000000147. The van der Waals surface area contributed by atoms with Crippen LogP contribution in [0.25, 0.3) is 78.6 Å². The van der Waals surface area contributed by atoms with Gasteiger partial charge in [0.1, 0.15) is 46.1 Å². The van der Waals surface area contributed by atoms with Gasteiger partial charge in [-0.3, -0.25) is 36.9 Å². The summed E-state index contributed by atoms with van der Waals surface area (Å²) in [5.41, 5.74) is 12.3. The van der Waals surface area contributed by atoms with Gasteiger partial charge in [0.2, 0.25) is 0 Å². The molecule has 0 radical (unpaired) electrons.